The summed E-state index contributed by atoms with van der Waals surface area (Å²) in [5, 5.41) is 17.5. The van der Waals surface area contributed by atoms with Gasteiger partial charge in [-0.2, -0.15) is 0 Å². The molecule has 0 unspecified atom stereocenters. The molecule has 8 heterocycles. The summed E-state index contributed by atoms with van der Waals surface area (Å²) in [7, 11) is 3.26. The minimum absolute atomic E-state index is 0. The fourth-order valence-corrected chi connectivity index (χ4v) is 9.85. The second-order valence-electron chi connectivity index (χ2n) is 24.3. The van der Waals surface area contributed by atoms with Crippen LogP contribution in [0.15, 0.2) is 123 Å². The van der Waals surface area contributed by atoms with E-state index in [1.54, 1.807) is 90.0 Å². The number of halogens is 6. The Morgan fingerprint density at radius 1 is 0.588 bits per heavy atom. The highest BCUT2D eigenvalue weighted by Gasteiger charge is 2.32. The topological polar surface area (TPSA) is 311 Å². The van der Waals surface area contributed by atoms with Crippen LogP contribution in [0.25, 0.3) is 0 Å². The fourth-order valence-electron chi connectivity index (χ4n) is 9.36. The Morgan fingerprint density at radius 3 is 1.40 bits per heavy atom. The maximum Gasteiger partial charge on any atom is 0.410 e. The molecule has 0 spiro atoms. The molecule has 2 aromatic carbocycles. The molecular formula is C66H84Cl6N16O9. The number of rotatable bonds is 12. The van der Waals surface area contributed by atoms with E-state index in [9.17, 15) is 28.8 Å². The zero-order valence-corrected chi connectivity index (χ0v) is 60.0. The molecule has 25 nitrogen and oxygen atoms in total. The highest BCUT2D eigenvalue weighted by atomic mass is 35.5. The Hall–Kier alpha value is -7.88. The highest BCUT2D eigenvalue weighted by Crippen LogP contribution is 2.24. The highest BCUT2D eigenvalue weighted by molar-refractivity contribution is 6.31. The average molecular weight is 1460 g/mol. The van der Waals surface area contributed by atoms with Gasteiger partial charge in [0, 0.05) is 120 Å². The quantitative estimate of drug-likeness (QED) is 0.0653. The number of nitrogens with one attached hydrogen (secondary N) is 2. The van der Waals surface area contributed by atoms with E-state index in [1.807, 2.05) is 41.5 Å². The normalized spacial score (nSPS) is 16.7. The average Bonchev–Trinajstić information content (AvgIpc) is 1.99. The number of amides is 5. The minimum Gasteiger partial charge on any atom is -0.478 e. The van der Waals surface area contributed by atoms with Crippen molar-refractivity contribution in [3.8, 4) is 0 Å². The van der Waals surface area contributed by atoms with Crippen molar-refractivity contribution in [1.29, 1.82) is 0 Å². The van der Waals surface area contributed by atoms with Crippen LogP contribution in [0, 0.1) is 11.8 Å². The van der Waals surface area contributed by atoms with Gasteiger partial charge in [0.25, 0.3) is 5.91 Å². The molecule has 31 heteroatoms. The van der Waals surface area contributed by atoms with Crippen LogP contribution in [0.5, 0.6) is 0 Å². The molecule has 0 radical (unpaired) electrons. The van der Waals surface area contributed by atoms with E-state index in [-0.39, 0.29) is 65.2 Å². The number of aromatic carboxylic acids is 1. The third kappa shape index (κ3) is 29.8. The Morgan fingerprint density at radius 2 is 1.00 bits per heavy atom. The molecule has 0 aliphatic carbocycles. The second-order valence-corrected chi connectivity index (χ2v) is 26.4. The van der Waals surface area contributed by atoms with Gasteiger partial charge in [-0.3, -0.25) is 14.4 Å². The molecule has 4 atom stereocenters. The molecule has 10 rings (SSSR count). The van der Waals surface area contributed by atoms with Gasteiger partial charge in [0.1, 0.15) is 22.9 Å². The molecule has 4 fully saturated rings. The van der Waals surface area contributed by atoms with Crippen molar-refractivity contribution >= 4 is 124 Å². The van der Waals surface area contributed by atoms with Crippen LogP contribution >= 0.6 is 70.4 Å². The fraction of sp³-hybridized carbons (Fsp3) is 0.424. The number of carbonyl (C=O) groups is 6. The molecule has 5 amide bonds. The largest absolute Gasteiger partial charge is 0.478 e. The van der Waals surface area contributed by atoms with Gasteiger partial charge in [-0.15, -0.1) is 12.4 Å². The lowest BCUT2D eigenvalue weighted by atomic mass is 10.0. The van der Waals surface area contributed by atoms with E-state index in [0.717, 1.165) is 69.9 Å². The lowest BCUT2D eigenvalue weighted by Gasteiger charge is -2.24. The maximum absolute atomic E-state index is 12.7. The monoisotopic (exact) mass is 1450 g/mol. The Balaban J connectivity index is 0.000000256. The molecule has 4 aromatic heterocycles. The molecule has 0 saturated carbocycles. The van der Waals surface area contributed by atoms with Gasteiger partial charge in [0.15, 0.2) is 0 Å². The Labute approximate surface area is 597 Å². The first kappa shape index (κ1) is 81.5. The van der Waals surface area contributed by atoms with Crippen LogP contribution in [0.3, 0.4) is 0 Å². The van der Waals surface area contributed by atoms with Crippen molar-refractivity contribution in [1.82, 2.24) is 59.9 Å². The number of carbonyl (C=O) groups excluding carboxylic acids is 5. The summed E-state index contributed by atoms with van der Waals surface area (Å²) in [6.07, 6.45) is 20.0. The van der Waals surface area contributed by atoms with E-state index in [1.165, 1.54) is 65.3 Å². The number of likely N-dealkylation sites (tertiary alicyclic amines) is 3. The van der Waals surface area contributed by atoms with Crippen molar-refractivity contribution < 1.29 is 43.3 Å². The van der Waals surface area contributed by atoms with Crippen molar-refractivity contribution in [2.24, 2.45) is 17.6 Å². The summed E-state index contributed by atoms with van der Waals surface area (Å²) in [6.45, 7) is 24.3. The first-order valence-electron chi connectivity index (χ1n) is 30.6. The summed E-state index contributed by atoms with van der Waals surface area (Å²) in [5.74, 6) is 1.77. The van der Waals surface area contributed by atoms with Crippen molar-refractivity contribution in [2.75, 3.05) is 81.6 Å². The van der Waals surface area contributed by atoms with Crippen molar-refractivity contribution in [3.05, 3.63) is 172 Å². The van der Waals surface area contributed by atoms with Gasteiger partial charge < -0.3 is 55.4 Å². The summed E-state index contributed by atoms with van der Waals surface area (Å²) in [6, 6.07) is 13.2. The van der Waals surface area contributed by atoms with E-state index in [4.69, 9.17) is 78.3 Å². The standard InChI is InChI=1S/C19H20ClN5O2.C14H20ClN3O2.C11H11NO3.C9H12ClN3.C9H18N2O2.C4H2Cl2N2.ClH/c1-3-17(26)24(2)16-6-4-13(5-7-16)18(27)25-9-8-15(12-25)23-19-21-10-14(20)11-22-19;1-14(2,3)20-13(19)18-5-4-10(9-18)6-12-16-7-11(15)8-17-12;1-3-10(13)12(2)9-6-4-8(5-7-9)11(14)15;10-8-5-12-9(13-6-8)3-7-1-2-11-4-7;1-9(2,3)13-8(12)11-5-4-7(10)6-11;5-3-1-7-4(6)8-2-3;/h3-7,10-11,15H,1,8-9,12H2,2H3,(H,21,22,23);7-8,10H,4-6,9H2,1-3H3;3-7H,1H2,2H3,(H,14,15);5-7,11H,1-4H2;7H,4-6,10H2,1-3H3;1-2H;1H/t15-;10-;;2*7-;;/m10.01../s1. The van der Waals surface area contributed by atoms with Crippen molar-refractivity contribution in [2.45, 2.75) is 103 Å². The summed E-state index contributed by atoms with van der Waals surface area (Å²) in [4.78, 5) is 110. The lowest BCUT2D eigenvalue weighted by Crippen LogP contribution is -2.36. The maximum atomic E-state index is 12.7. The number of likely N-dealkylation sites (N-methyl/N-ethyl adjacent to an activating group) is 2. The predicted molar refractivity (Wildman–Crippen MR) is 380 cm³/mol. The zero-order chi connectivity index (χ0) is 70.7. The third-order valence-electron chi connectivity index (χ3n) is 14.3. The van der Waals surface area contributed by atoms with Crippen molar-refractivity contribution in [3.63, 3.8) is 0 Å². The first-order valence-corrected chi connectivity index (χ1v) is 32.5. The van der Waals surface area contributed by atoms with Gasteiger partial charge in [0.05, 0.1) is 50.4 Å². The number of ether oxygens (including phenoxy) is 2. The van der Waals surface area contributed by atoms with Crippen LogP contribution in [0.2, 0.25) is 25.4 Å². The van der Waals surface area contributed by atoms with E-state index in [0.29, 0.717) is 81.0 Å². The Kier molecular flexibility index (Phi) is 33.7. The van der Waals surface area contributed by atoms with Crippen LogP contribution in [-0.4, -0.2) is 185 Å². The molecule has 97 heavy (non-hydrogen) atoms. The molecule has 6 aromatic rings. The molecule has 4 aliphatic heterocycles. The molecule has 0 bridgehead atoms. The number of carboxylic acid groups (broad SMARTS) is 1. The molecule has 524 valence electrons. The number of nitrogens with zero attached hydrogens (tertiary/aromatic N) is 13. The Bertz CT molecular complexity index is 3460. The first-order chi connectivity index (χ1) is 45.4. The second kappa shape index (κ2) is 40.1. The smallest absolute Gasteiger partial charge is 0.410 e. The zero-order valence-electron chi connectivity index (χ0n) is 55.4. The number of hydrogen-bond donors (Lipinski definition) is 4. The number of benzene rings is 2. The number of aromatic nitrogens is 8. The van der Waals surface area contributed by atoms with Gasteiger partial charge in [-0.05, 0) is 164 Å². The SMILES string of the molecule is C=CC(=O)N(C)c1ccc(C(=O)N2CC[C@@H](Nc3ncc(Cl)cn3)C2)cc1.C=CC(=O)N(C)c1ccc(C(=O)O)cc1.CC(C)(C)OC(=O)N1CC[C@@H](Cc2ncc(Cl)cn2)C1.CC(C)(C)OC(=O)N1CC[C@@H](N)C1.Cl.Clc1cnc(C[C@@H]2CCNC2)nc1.Clc1cnc(Cl)nc1. The van der Waals surface area contributed by atoms with E-state index >= 15 is 0 Å². The number of nitrogens with two attached hydrogens (primary N) is 1. The lowest BCUT2D eigenvalue weighted by molar-refractivity contribution is -0.114. The molecular weight excluding hydrogens is 1370 g/mol. The van der Waals surface area contributed by atoms with E-state index in [2.05, 4.69) is 63.7 Å². The minimum atomic E-state index is -0.987. The van der Waals surface area contributed by atoms with Crippen LogP contribution in [0.1, 0.15) is 99.6 Å². The number of anilines is 3. The molecule has 4 saturated heterocycles. The third-order valence-corrected chi connectivity index (χ3v) is 15.3. The summed E-state index contributed by atoms with van der Waals surface area (Å²) in [5.41, 5.74) is 6.93. The molecule has 5 N–H and O–H groups in total. The predicted octanol–water partition coefficient (Wildman–Crippen LogP) is 11.5. The van der Waals surface area contributed by atoms with Gasteiger partial charge in [-0.25, -0.2) is 54.3 Å². The number of carboxylic acids is 1. The molecule has 4 aliphatic rings. The van der Waals surface area contributed by atoms with Gasteiger partial charge >= 0.3 is 18.2 Å². The van der Waals surface area contributed by atoms with Gasteiger partial charge in [-0.1, -0.05) is 59.6 Å². The van der Waals surface area contributed by atoms with Gasteiger partial charge in [0.2, 0.25) is 23.0 Å². The number of hydrogen-bond acceptors (Lipinski definition) is 19. The van der Waals surface area contributed by atoms with Crippen LogP contribution in [0.4, 0.5) is 26.9 Å². The van der Waals surface area contributed by atoms with E-state index < -0.39 is 17.2 Å². The summed E-state index contributed by atoms with van der Waals surface area (Å²) >= 11 is 28.0. The van der Waals surface area contributed by atoms with Crippen LogP contribution < -0.4 is 26.2 Å². The van der Waals surface area contributed by atoms with Crippen LogP contribution in [-0.2, 0) is 31.9 Å². The summed E-state index contributed by atoms with van der Waals surface area (Å²) < 4.78 is 10.6.